The first-order valence-corrected chi connectivity index (χ1v) is 13.2. The number of hydrogen-bond donors (Lipinski definition) is 0. The van der Waals surface area contributed by atoms with E-state index in [1.807, 2.05) is 30.3 Å². The van der Waals surface area contributed by atoms with Crippen molar-refractivity contribution in [3.63, 3.8) is 0 Å². The zero-order valence-corrected chi connectivity index (χ0v) is 21.1. The van der Waals surface area contributed by atoms with Gasteiger partial charge in [0.05, 0.1) is 4.90 Å². The molecule has 0 aliphatic rings. The number of nitrogens with zero attached hydrogens (tertiary/aromatic N) is 2. The Labute approximate surface area is 208 Å². The van der Waals surface area contributed by atoms with E-state index in [4.69, 9.17) is 0 Å². The predicted octanol–water partition coefficient (Wildman–Crippen LogP) is 6.92. The second-order valence-electron chi connectivity index (χ2n) is 8.75. The Kier molecular flexibility index (Phi) is 8.23. The van der Waals surface area contributed by atoms with E-state index in [1.54, 1.807) is 13.0 Å². The number of aryl methyl sites for hydroxylation is 2. The number of halogens is 4. The third kappa shape index (κ3) is 6.94. The quantitative estimate of drug-likeness (QED) is 0.227. The Bertz CT molecular complexity index is 1340. The van der Waals surface area contributed by atoms with Crippen LogP contribution in [0.3, 0.4) is 0 Å². The minimum Gasteiger partial charge on any atom is -0.259 e. The van der Waals surface area contributed by atoms with Crippen molar-refractivity contribution < 1.29 is 26.0 Å². The van der Waals surface area contributed by atoms with Crippen LogP contribution in [0.25, 0.3) is 17.3 Å². The van der Waals surface area contributed by atoms with Crippen molar-refractivity contribution in [1.82, 2.24) is 9.78 Å². The minimum atomic E-state index is -4.73. The van der Waals surface area contributed by atoms with Crippen LogP contribution in [0.4, 0.5) is 17.6 Å². The molecule has 1 aromatic heterocycles. The summed E-state index contributed by atoms with van der Waals surface area (Å²) in [5, 5.41) is 4.29. The SMILES string of the molecule is C/C=C\C(C)(F)C/C=C/c1c(-c2ccc(S(C)(=O)=O)cc2)nn(CCc2ccccc2)c1C(F)(F)F. The highest BCUT2D eigenvalue weighted by molar-refractivity contribution is 7.90. The van der Waals surface area contributed by atoms with E-state index < -0.39 is 27.4 Å². The predicted molar refractivity (Wildman–Crippen MR) is 134 cm³/mol. The molecule has 36 heavy (non-hydrogen) atoms. The van der Waals surface area contributed by atoms with E-state index in [9.17, 15) is 26.0 Å². The molecule has 0 radical (unpaired) electrons. The molecule has 0 saturated heterocycles. The van der Waals surface area contributed by atoms with Crippen LogP contribution in [-0.4, -0.2) is 30.1 Å². The lowest BCUT2D eigenvalue weighted by Crippen LogP contribution is -2.17. The average Bonchev–Trinajstić information content (AvgIpc) is 3.16. The normalized spacial score (nSPS) is 14.5. The Balaban J connectivity index is 2.12. The summed E-state index contributed by atoms with van der Waals surface area (Å²) in [6, 6.07) is 14.6. The molecular formula is C27H28F4N2O2S. The van der Waals surface area contributed by atoms with Crippen LogP contribution in [0.15, 0.2) is 77.7 Å². The van der Waals surface area contributed by atoms with Crippen molar-refractivity contribution in [1.29, 1.82) is 0 Å². The van der Waals surface area contributed by atoms with Crippen LogP contribution in [0.2, 0.25) is 0 Å². The molecule has 1 heterocycles. The van der Waals surface area contributed by atoms with Gasteiger partial charge in [0.25, 0.3) is 0 Å². The lowest BCUT2D eigenvalue weighted by molar-refractivity contribution is -0.144. The molecule has 1 atom stereocenters. The summed E-state index contributed by atoms with van der Waals surface area (Å²) < 4.78 is 82.1. The highest BCUT2D eigenvalue weighted by Gasteiger charge is 2.39. The summed E-state index contributed by atoms with van der Waals surface area (Å²) in [5.74, 6) is 0. The molecule has 0 N–H and O–H groups in total. The van der Waals surface area contributed by atoms with Crippen molar-refractivity contribution in [3.05, 3.63) is 89.6 Å². The van der Waals surface area contributed by atoms with Crippen molar-refractivity contribution in [2.45, 2.75) is 50.0 Å². The Morgan fingerprint density at radius 3 is 2.19 bits per heavy atom. The first-order chi connectivity index (χ1) is 16.8. The van der Waals surface area contributed by atoms with E-state index in [2.05, 4.69) is 5.10 Å². The van der Waals surface area contributed by atoms with Gasteiger partial charge in [0, 0.05) is 30.3 Å². The van der Waals surface area contributed by atoms with Gasteiger partial charge in [-0.15, -0.1) is 0 Å². The van der Waals surface area contributed by atoms with Crippen LogP contribution >= 0.6 is 0 Å². The first kappa shape index (κ1) is 27.4. The van der Waals surface area contributed by atoms with Gasteiger partial charge in [-0.05, 0) is 38.0 Å². The van der Waals surface area contributed by atoms with E-state index in [1.165, 1.54) is 49.4 Å². The number of aromatic nitrogens is 2. The minimum absolute atomic E-state index is 0.0273. The number of allylic oxidation sites excluding steroid dienone is 3. The van der Waals surface area contributed by atoms with E-state index in [-0.39, 0.29) is 29.1 Å². The maximum Gasteiger partial charge on any atom is 0.433 e. The molecule has 0 fully saturated rings. The van der Waals surface area contributed by atoms with Crippen LogP contribution in [0, 0.1) is 0 Å². The molecule has 2 aromatic carbocycles. The smallest absolute Gasteiger partial charge is 0.259 e. The molecule has 0 aliphatic heterocycles. The zero-order chi connectivity index (χ0) is 26.6. The molecule has 0 aliphatic carbocycles. The zero-order valence-electron chi connectivity index (χ0n) is 20.3. The highest BCUT2D eigenvalue weighted by atomic mass is 32.2. The van der Waals surface area contributed by atoms with Gasteiger partial charge in [-0.25, -0.2) is 12.8 Å². The highest BCUT2D eigenvalue weighted by Crippen LogP contribution is 2.38. The fourth-order valence-corrected chi connectivity index (χ4v) is 4.50. The topological polar surface area (TPSA) is 52.0 Å². The maximum atomic E-state index is 14.6. The fraction of sp³-hybridized carbons (Fsp3) is 0.296. The summed E-state index contributed by atoms with van der Waals surface area (Å²) >= 11 is 0. The lowest BCUT2D eigenvalue weighted by atomic mass is 10.0. The number of alkyl halides is 4. The van der Waals surface area contributed by atoms with E-state index >= 15 is 0 Å². The summed E-state index contributed by atoms with van der Waals surface area (Å²) in [5.41, 5.74) is -1.63. The average molecular weight is 521 g/mol. The summed E-state index contributed by atoms with van der Waals surface area (Å²) in [6.45, 7) is 2.98. The number of rotatable bonds is 9. The van der Waals surface area contributed by atoms with Crippen LogP contribution in [-0.2, 0) is 29.0 Å². The standard InChI is InChI=1S/C27H28F4N2O2S/c1-4-17-26(2,28)18-8-11-23-24(21-12-14-22(15-13-21)36(3,34)35)32-33(25(23)27(29,30)31)19-16-20-9-6-5-7-10-20/h4-15,17H,16,18-19H2,1-3H3/b11-8+,17-4-. The largest absolute Gasteiger partial charge is 0.433 e. The molecule has 192 valence electrons. The van der Waals surface area contributed by atoms with Crippen LogP contribution < -0.4 is 0 Å². The second kappa shape index (κ2) is 10.8. The van der Waals surface area contributed by atoms with Gasteiger partial charge >= 0.3 is 6.18 Å². The molecule has 9 heteroatoms. The Morgan fingerprint density at radius 2 is 1.64 bits per heavy atom. The summed E-state index contributed by atoms with van der Waals surface area (Å²) in [4.78, 5) is 0.0439. The molecule has 3 rings (SSSR count). The summed E-state index contributed by atoms with van der Waals surface area (Å²) in [7, 11) is -3.48. The van der Waals surface area contributed by atoms with Gasteiger partial charge in [-0.1, -0.05) is 66.8 Å². The molecule has 3 aromatic rings. The Hall–Kier alpha value is -3.20. The van der Waals surface area contributed by atoms with E-state index in [0.29, 0.717) is 12.0 Å². The third-order valence-corrected chi connectivity index (χ3v) is 6.71. The second-order valence-corrected chi connectivity index (χ2v) is 10.8. The first-order valence-electron chi connectivity index (χ1n) is 11.3. The number of benzene rings is 2. The Morgan fingerprint density at radius 1 is 1.00 bits per heavy atom. The van der Waals surface area contributed by atoms with Gasteiger partial charge in [0.15, 0.2) is 9.84 Å². The van der Waals surface area contributed by atoms with E-state index in [0.717, 1.165) is 16.5 Å². The number of hydrogen-bond acceptors (Lipinski definition) is 3. The molecule has 4 nitrogen and oxygen atoms in total. The van der Waals surface area contributed by atoms with Crippen molar-refractivity contribution in [2.75, 3.05) is 6.26 Å². The molecule has 0 saturated carbocycles. The molecule has 1 unspecified atom stereocenters. The van der Waals surface area contributed by atoms with Crippen LogP contribution in [0.5, 0.6) is 0 Å². The number of sulfone groups is 1. The van der Waals surface area contributed by atoms with Gasteiger partial charge in [0.2, 0.25) is 0 Å². The van der Waals surface area contributed by atoms with Crippen LogP contribution in [0.1, 0.15) is 37.1 Å². The van der Waals surface area contributed by atoms with Gasteiger partial charge < -0.3 is 0 Å². The van der Waals surface area contributed by atoms with Gasteiger partial charge in [0.1, 0.15) is 17.1 Å². The lowest BCUT2D eigenvalue weighted by Gasteiger charge is -2.13. The third-order valence-electron chi connectivity index (χ3n) is 5.58. The maximum absolute atomic E-state index is 14.6. The fourth-order valence-electron chi connectivity index (χ4n) is 3.87. The van der Waals surface area contributed by atoms with Crippen molar-refractivity contribution in [2.24, 2.45) is 0 Å². The molecular weight excluding hydrogens is 492 g/mol. The molecule has 0 bridgehead atoms. The summed E-state index contributed by atoms with van der Waals surface area (Å²) in [6.07, 6.45) is 2.02. The van der Waals surface area contributed by atoms with Crippen molar-refractivity contribution >= 4 is 15.9 Å². The molecule has 0 amide bonds. The van der Waals surface area contributed by atoms with Gasteiger partial charge in [-0.3, -0.25) is 4.68 Å². The van der Waals surface area contributed by atoms with Gasteiger partial charge in [-0.2, -0.15) is 18.3 Å². The molecule has 0 spiro atoms. The van der Waals surface area contributed by atoms with Crippen molar-refractivity contribution in [3.8, 4) is 11.3 Å². The monoisotopic (exact) mass is 520 g/mol.